The summed E-state index contributed by atoms with van der Waals surface area (Å²) in [7, 11) is 1.65. The zero-order valence-corrected chi connectivity index (χ0v) is 11.1. The Hall–Kier alpha value is -2.08. The second-order valence-corrected chi connectivity index (χ2v) is 4.25. The van der Waals surface area contributed by atoms with Crippen molar-refractivity contribution in [3.05, 3.63) is 35.7 Å². The molecule has 2 aromatic rings. The van der Waals surface area contributed by atoms with Gasteiger partial charge < -0.3 is 15.2 Å². The number of aromatic nitrogens is 3. The summed E-state index contributed by atoms with van der Waals surface area (Å²) in [5.41, 5.74) is 2.89. The summed E-state index contributed by atoms with van der Waals surface area (Å²) in [6, 6.07) is 5.98. The Balaban J connectivity index is 2.01. The maximum absolute atomic E-state index is 8.81. The second kappa shape index (κ2) is 6.19. The molecule has 6 nitrogen and oxygen atoms in total. The number of aliphatic hydroxyl groups is 1. The third-order valence-electron chi connectivity index (χ3n) is 2.73. The first kappa shape index (κ1) is 13.4. The third-order valence-corrected chi connectivity index (χ3v) is 2.73. The topological polar surface area (TPSA) is 72.2 Å². The van der Waals surface area contributed by atoms with Gasteiger partial charge in [-0.3, -0.25) is 0 Å². The molecule has 0 atom stereocenters. The molecule has 0 aliphatic carbocycles. The fourth-order valence-electron chi connectivity index (χ4n) is 1.76. The highest BCUT2D eigenvalue weighted by molar-refractivity contribution is 5.57. The van der Waals surface area contributed by atoms with Gasteiger partial charge in [0, 0.05) is 0 Å². The van der Waals surface area contributed by atoms with Gasteiger partial charge in [0.05, 0.1) is 38.7 Å². The lowest BCUT2D eigenvalue weighted by atomic mass is 10.2. The molecule has 0 amide bonds. The van der Waals surface area contributed by atoms with Crippen LogP contribution in [-0.2, 0) is 13.1 Å². The third kappa shape index (κ3) is 3.45. The zero-order chi connectivity index (χ0) is 13.7. The number of aliphatic hydroxyl groups excluding tert-OH is 1. The van der Waals surface area contributed by atoms with Gasteiger partial charge in [0.1, 0.15) is 11.4 Å². The molecular formula is C13H18N4O2. The molecule has 102 valence electrons. The highest BCUT2D eigenvalue weighted by Crippen LogP contribution is 2.25. The molecule has 0 aliphatic heterocycles. The minimum absolute atomic E-state index is 0.0576. The molecule has 1 heterocycles. The standard InChI is InChI=1S/C13H18N4O2/c1-10-3-4-12(13(7-10)19-2)14-8-11-9-17(5-6-18)16-15-11/h3-4,7,9,14,18H,5-6,8H2,1-2H3. The highest BCUT2D eigenvalue weighted by atomic mass is 16.5. The number of anilines is 1. The van der Waals surface area contributed by atoms with Gasteiger partial charge in [0.15, 0.2) is 0 Å². The average Bonchev–Trinajstić information content (AvgIpc) is 2.85. The van der Waals surface area contributed by atoms with Crippen LogP contribution >= 0.6 is 0 Å². The molecule has 0 saturated heterocycles. The molecule has 2 rings (SSSR count). The lowest BCUT2D eigenvalue weighted by Gasteiger charge is -2.10. The maximum atomic E-state index is 8.81. The van der Waals surface area contributed by atoms with Gasteiger partial charge in [0.25, 0.3) is 0 Å². The molecule has 1 aromatic heterocycles. The van der Waals surface area contributed by atoms with E-state index in [4.69, 9.17) is 9.84 Å². The molecule has 0 radical (unpaired) electrons. The number of aryl methyl sites for hydroxylation is 1. The predicted octanol–water partition coefficient (Wildman–Crippen LogP) is 1.20. The van der Waals surface area contributed by atoms with Crippen LogP contribution < -0.4 is 10.1 Å². The number of rotatable bonds is 6. The average molecular weight is 262 g/mol. The van der Waals surface area contributed by atoms with Crippen LogP contribution in [0.2, 0.25) is 0 Å². The number of hydrogen-bond donors (Lipinski definition) is 2. The maximum Gasteiger partial charge on any atom is 0.142 e. The van der Waals surface area contributed by atoms with Gasteiger partial charge in [-0.25, -0.2) is 4.68 Å². The second-order valence-electron chi connectivity index (χ2n) is 4.25. The number of methoxy groups -OCH3 is 1. The van der Waals surface area contributed by atoms with Crippen LogP contribution in [0.25, 0.3) is 0 Å². The normalized spacial score (nSPS) is 10.5. The van der Waals surface area contributed by atoms with E-state index >= 15 is 0 Å². The lowest BCUT2D eigenvalue weighted by Crippen LogP contribution is -2.03. The first-order valence-corrected chi connectivity index (χ1v) is 6.11. The fraction of sp³-hybridized carbons (Fsp3) is 0.385. The largest absolute Gasteiger partial charge is 0.495 e. The van der Waals surface area contributed by atoms with E-state index in [-0.39, 0.29) is 6.61 Å². The van der Waals surface area contributed by atoms with E-state index in [0.717, 1.165) is 22.7 Å². The van der Waals surface area contributed by atoms with E-state index in [1.807, 2.05) is 31.3 Å². The summed E-state index contributed by atoms with van der Waals surface area (Å²) >= 11 is 0. The van der Waals surface area contributed by atoms with Crippen LogP contribution in [0.3, 0.4) is 0 Å². The molecule has 2 N–H and O–H groups in total. The van der Waals surface area contributed by atoms with Gasteiger partial charge in [-0.1, -0.05) is 11.3 Å². The molecule has 0 spiro atoms. The molecule has 0 bridgehead atoms. The SMILES string of the molecule is COc1cc(C)ccc1NCc1cn(CCO)nn1. The van der Waals surface area contributed by atoms with Gasteiger partial charge in [-0.2, -0.15) is 0 Å². The van der Waals surface area contributed by atoms with Crippen molar-refractivity contribution in [2.75, 3.05) is 19.0 Å². The van der Waals surface area contributed by atoms with Crippen LogP contribution in [0.15, 0.2) is 24.4 Å². The first-order chi connectivity index (χ1) is 9.22. The van der Waals surface area contributed by atoms with Gasteiger partial charge in [0.2, 0.25) is 0 Å². The van der Waals surface area contributed by atoms with E-state index in [1.54, 1.807) is 11.8 Å². The number of benzene rings is 1. The summed E-state index contributed by atoms with van der Waals surface area (Å²) in [5, 5.41) is 20.0. The summed E-state index contributed by atoms with van der Waals surface area (Å²) in [4.78, 5) is 0. The van der Waals surface area contributed by atoms with E-state index in [1.165, 1.54) is 0 Å². The van der Waals surface area contributed by atoms with E-state index < -0.39 is 0 Å². The summed E-state index contributed by atoms with van der Waals surface area (Å²) in [6.45, 7) is 3.10. The lowest BCUT2D eigenvalue weighted by molar-refractivity contribution is 0.268. The predicted molar refractivity (Wildman–Crippen MR) is 72.2 cm³/mol. The van der Waals surface area contributed by atoms with Gasteiger partial charge >= 0.3 is 0 Å². The number of nitrogens with one attached hydrogen (secondary N) is 1. The summed E-state index contributed by atoms with van der Waals surface area (Å²) < 4.78 is 6.94. The first-order valence-electron chi connectivity index (χ1n) is 6.11. The molecule has 0 unspecified atom stereocenters. The van der Waals surface area contributed by atoms with E-state index in [2.05, 4.69) is 15.6 Å². The van der Waals surface area contributed by atoms with Gasteiger partial charge in [-0.15, -0.1) is 5.10 Å². The van der Waals surface area contributed by atoms with Crippen LogP contribution in [-0.4, -0.2) is 33.8 Å². The van der Waals surface area contributed by atoms with Crippen molar-refractivity contribution < 1.29 is 9.84 Å². The Morgan fingerprint density at radius 3 is 3.00 bits per heavy atom. The highest BCUT2D eigenvalue weighted by Gasteiger charge is 2.05. The van der Waals surface area contributed by atoms with Crippen molar-refractivity contribution in [3.8, 4) is 5.75 Å². The van der Waals surface area contributed by atoms with Gasteiger partial charge in [-0.05, 0) is 24.6 Å². The van der Waals surface area contributed by atoms with Crippen LogP contribution in [0.4, 0.5) is 5.69 Å². The monoisotopic (exact) mass is 262 g/mol. The van der Waals surface area contributed by atoms with Crippen molar-refractivity contribution in [3.63, 3.8) is 0 Å². The fourth-order valence-corrected chi connectivity index (χ4v) is 1.76. The Kier molecular flexibility index (Phi) is 4.35. The molecule has 1 aromatic carbocycles. The molecule has 0 fully saturated rings. The minimum Gasteiger partial charge on any atom is -0.495 e. The Morgan fingerprint density at radius 1 is 1.42 bits per heavy atom. The smallest absolute Gasteiger partial charge is 0.142 e. The molecule has 0 aliphatic rings. The Morgan fingerprint density at radius 2 is 2.26 bits per heavy atom. The molecule has 6 heteroatoms. The number of ether oxygens (including phenoxy) is 1. The molecular weight excluding hydrogens is 244 g/mol. The summed E-state index contributed by atoms with van der Waals surface area (Å²) in [5.74, 6) is 0.808. The Bertz CT molecular complexity index is 539. The van der Waals surface area contributed by atoms with Crippen LogP contribution in [0.5, 0.6) is 5.75 Å². The number of hydrogen-bond acceptors (Lipinski definition) is 5. The molecule has 19 heavy (non-hydrogen) atoms. The Labute approximate surface area is 112 Å². The van der Waals surface area contributed by atoms with Crippen molar-refractivity contribution in [2.45, 2.75) is 20.0 Å². The van der Waals surface area contributed by atoms with Crippen LogP contribution in [0, 0.1) is 6.92 Å². The molecule has 0 saturated carbocycles. The number of nitrogens with zero attached hydrogens (tertiary/aromatic N) is 3. The van der Waals surface area contributed by atoms with E-state index in [0.29, 0.717) is 13.1 Å². The van der Waals surface area contributed by atoms with Crippen molar-refractivity contribution >= 4 is 5.69 Å². The van der Waals surface area contributed by atoms with Crippen molar-refractivity contribution in [1.82, 2.24) is 15.0 Å². The zero-order valence-electron chi connectivity index (χ0n) is 11.1. The van der Waals surface area contributed by atoms with Crippen LogP contribution in [0.1, 0.15) is 11.3 Å². The van der Waals surface area contributed by atoms with Crippen molar-refractivity contribution in [1.29, 1.82) is 0 Å². The van der Waals surface area contributed by atoms with Crippen molar-refractivity contribution in [2.24, 2.45) is 0 Å². The minimum atomic E-state index is 0.0576. The summed E-state index contributed by atoms with van der Waals surface area (Å²) in [6.07, 6.45) is 1.81. The quantitative estimate of drug-likeness (QED) is 0.818. The van der Waals surface area contributed by atoms with E-state index in [9.17, 15) is 0 Å².